The maximum atomic E-state index is 9.00. The topological polar surface area (TPSA) is 169 Å². The van der Waals surface area contributed by atoms with Crippen LogP contribution >= 0.6 is 12.4 Å². The van der Waals surface area contributed by atoms with E-state index >= 15 is 0 Å². The Hall–Kier alpha value is -1.10. The lowest BCUT2D eigenvalue weighted by atomic mass is 10.9. The number of hydrogen-bond donors (Lipinski definition) is 5. The maximum absolute atomic E-state index is 9.00. The first-order valence-corrected chi connectivity index (χ1v) is 3.67. The molecule has 14 heavy (non-hydrogen) atoms. The van der Waals surface area contributed by atoms with Crippen LogP contribution in [0.1, 0.15) is 6.92 Å². The summed E-state index contributed by atoms with van der Waals surface area (Å²) in [6, 6.07) is 0. The Morgan fingerprint density at radius 2 is 1.00 bits per heavy atom. The number of carbonyl (C=O) groups is 2. The molecular weight excluding hydrogens is 248 g/mol. The van der Waals surface area contributed by atoms with Gasteiger partial charge in [-0.2, -0.15) is 8.42 Å². The van der Waals surface area contributed by atoms with E-state index in [-0.39, 0.29) is 12.4 Å². The van der Waals surface area contributed by atoms with Gasteiger partial charge in [-0.3, -0.25) is 13.9 Å². The van der Waals surface area contributed by atoms with Gasteiger partial charge in [-0.25, -0.2) is 4.79 Å². The molecule has 0 radical (unpaired) electrons. The van der Waals surface area contributed by atoms with Crippen LogP contribution in [0.25, 0.3) is 0 Å². The largest absolute Gasteiger partial charge is 0.503 e. The Labute approximate surface area is 85.0 Å². The molecule has 88 valence electrons. The molecule has 0 aliphatic heterocycles. The summed E-state index contributed by atoms with van der Waals surface area (Å²) in [5, 5.41) is 21.4. The highest BCUT2D eigenvalue weighted by Crippen LogP contribution is 1.59. The fourth-order valence-corrected chi connectivity index (χ4v) is 0. The molecule has 0 spiro atoms. The van der Waals surface area contributed by atoms with Crippen LogP contribution in [0.5, 0.6) is 0 Å². The van der Waals surface area contributed by atoms with Gasteiger partial charge in [0.25, 0.3) is 5.97 Å². The Kier molecular flexibility index (Phi) is 19.6. The lowest BCUT2D eigenvalue weighted by molar-refractivity contribution is -0.134. The van der Waals surface area contributed by atoms with Crippen molar-refractivity contribution in [3.05, 3.63) is 0 Å². The fourth-order valence-electron chi connectivity index (χ4n) is 0. The monoisotopic (exact) mass is 256 g/mol. The standard InChI is InChI=1S/C2H4O2.CH2O3.ClH.H2O4S/c1-2(3)4;2-1(3)4;;1-5(2,3)4/h1H3,(H,3,4);(H2,2,3,4);1H;(H2,1,2,3,4). The van der Waals surface area contributed by atoms with Crippen molar-refractivity contribution < 1.29 is 42.4 Å². The summed E-state index contributed by atoms with van der Waals surface area (Å²) in [5.41, 5.74) is 0. The Bertz CT molecular complexity index is 215. The summed E-state index contributed by atoms with van der Waals surface area (Å²) in [5.74, 6) is -0.833. The van der Waals surface area contributed by atoms with Gasteiger partial charge >= 0.3 is 16.6 Å². The van der Waals surface area contributed by atoms with Gasteiger partial charge in [0.05, 0.1) is 0 Å². The van der Waals surface area contributed by atoms with Crippen molar-refractivity contribution in [2.45, 2.75) is 6.92 Å². The van der Waals surface area contributed by atoms with E-state index in [0.717, 1.165) is 6.92 Å². The van der Waals surface area contributed by atoms with Gasteiger partial charge in [-0.15, -0.1) is 12.4 Å². The first-order chi connectivity index (χ1) is 5.46. The lowest BCUT2D eigenvalue weighted by Crippen LogP contribution is -1.89. The molecule has 0 aliphatic rings. The SMILES string of the molecule is CC(=O)O.Cl.O=C(O)O.O=S(=O)(O)O. The molecule has 0 saturated heterocycles. The van der Waals surface area contributed by atoms with Gasteiger partial charge in [0.2, 0.25) is 0 Å². The van der Waals surface area contributed by atoms with Crippen molar-refractivity contribution >= 4 is 34.9 Å². The van der Waals surface area contributed by atoms with Crippen LogP contribution in [0.15, 0.2) is 0 Å². The van der Waals surface area contributed by atoms with Crippen LogP contribution in [-0.4, -0.2) is 45.0 Å². The van der Waals surface area contributed by atoms with E-state index in [1.807, 2.05) is 0 Å². The summed E-state index contributed by atoms with van der Waals surface area (Å²) in [6.45, 7) is 1.08. The van der Waals surface area contributed by atoms with E-state index in [2.05, 4.69) is 0 Å². The van der Waals surface area contributed by atoms with Crippen molar-refractivity contribution in [3.8, 4) is 0 Å². The van der Waals surface area contributed by atoms with E-state index in [0.29, 0.717) is 0 Å². The van der Waals surface area contributed by atoms with Gasteiger partial charge in [-0.1, -0.05) is 0 Å². The zero-order valence-electron chi connectivity index (χ0n) is 6.69. The number of carboxylic acid groups (broad SMARTS) is 3. The zero-order valence-corrected chi connectivity index (χ0v) is 8.32. The van der Waals surface area contributed by atoms with E-state index < -0.39 is 22.5 Å². The van der Waals surface area contributed by atoms with Crippen LogP contribution in [0.3, 0.4) is 0 Å². The molecule has 0 rings (SSSR count). The second kappa shape index (κ2) is 11.9. The minimum atomic E-state index is -4.67. The van der Waals surface area contributed by atoms with Crippen molar-refractivity contribution in [1.29, 1.82) is 0 Å². The fraction of sp³-hybridized carbons (Fsp3) is 0.333. The normalized spacial score (nSPS) is 7.64. The average Bonchev–Trinajstić information content (AvgIpc) is 1.50. The summed E-state index contributed by atoms with van der Waals surface area (Å²) >= 11 is 0. The first kappa shape index (κ1) is 23.1. The second-order valence-corrected chi connectivity index (χ2v) is 2.15. The number of halogens is 1. The molecule has 0 aromatic heterocycles. The highest BCUT2D eigenvalue weighted by Gasteiger charge is 1.84. The van der Waals surface area contributed by atoms with Gasteiger partial charge in [0.1, 0.15) is 0 Å². The van der Waals surface area contributed by atoms with Gasteiger partial charge in [-0.05, 0) is 0 Å². The number of carboxylic acids is 1. The smallest absolute Gasteiger partial charge is 0.481 e. The third-order valence-electron chi connectivity index (χ3n) is 0. The molecule has 0 aromatic carbocycles. The molecular formula is C3H9ClO9S. The highest BCUT2D eigenvalue weighted by atomic mass is 35.5. The van der Waals surface area contributed by atoms with E-state index in [4.69, 9.17) is 42.4 Å². The summed E-state index contributed by atoms with van der Waals surface area (Å²) < 4.78 is 31.6. The molecule has 0 bridgehead atoms. The van der Waals surface area contributed by atoms with E-state index in [1.165, 1.54) is 0 Å². The molecule has 9 nitrogen and oxygen atoms in total. The number of aliphatic carboxylic acids is 1. The van der Waals surface area contributed by atoms with Crippen molar-refractivity contribution in [2.75, 3.05) is 0 Å². The molecule has 0 unspecified atom stereocenters. The quantitative estimate of drug-likeness (QED) is 0.377. The highest BCUT2D eigenvalue weighted by molar-refractivity contribution is 7.79. The molecule has 0 aromatic rings. The molecule has 11 heteroatoms. The van der Waals surface area contributed by atoms with Crippen molar-refractivity contribution in [3.63, 3.8) is 0 Å². The third kappa shape index (κ3) is 883. The molecule has 5 N–H and O–H groups in total. The summed E-state index contributed by atoms with van der Waals surface area (Å²) in [6.07, 6.45) is -1.83. The van der Waals surface area contributed by atoms with Gasteiger partial charge in [0.15, 0.2) is 0 Å². The first-order valence-electron chi connectivity index (χ1n) is 2.28. The molecule has 0 heterocycles. The Morgan fingerprint density at radius 3 is 1.00 bits per heavy atom. The van der Waals surface area contributed by atoms with Crippen LogP contribution in [0.2, 0.25) is 0 Å². The third-order valence-corrected chi connectivity index (χ3v) is 0. The predicted octanol–water partition coefficient (Wildman–Crippen LogP) is 0.0823. The van der Waals surface area contributed by atoms with Gasteiger partial charge < -0.3 is 15.3 Å². The molecule has 0 amide bonds. The van der Waals surface area contributed by atoms with Crippen molar-refractivity contribution in [2.24, 2.45) is 0 Å². The molecule has 0 saturated carbocycles. The average molecular weight is 257 g/mol. The molecule has 0 aliphatic carbocycles. The Morgan fingerprint density at radius 1 is 1.00 bits per heavy atom. The predicted molar refractivity (Wildman–Crippen MR) is 45.4 cm³/mol. The van der Waals surface area contributed by atoms with Crippen LogP contribution in [0, 0.1) is 0 Å². The maximum Gasteiger partial charge on any atom is 0.503 e. The molecule has 0 atom stereocenters. The zero-order chi connectivity index (χ0) is 11.7. The summed E-state index contributed by atoms with van der Waals surface area (Å²) in [7, 11) is -4.67. The van der Waals surface area contributed by atoms with Crippen LogP contribution in [0.4, 0.5) is 4.79 Å². The van der Waals surface area contributed by atoms with Crippen LogP contribution < -0.4 is 0 Å². The minimum Gasteiger partial charge on any atom is -0.481 e. The van der Waals surface area contributed by atoms with Crippen LogP contribution in [-0.2, 0) is 15.2 Å². The minimum absolute atomic E-state index is 0. The number of hydrogen-bond acceptors (Lipinski definition) is 4. The molecule has 0 fully saturated rings. The second-order valence-electron chi connectivity index (χ2n) is 1.25. The Balaban J connectivity index is -0.0000000522. The van der Waals surface area contributed by atoms with E-state index in [1.54, 1.807) is 0 Å². The summed E-state index contributed by atoms with van der Waals surface area (Å²) in [4.78, 5) is 17.6. The lowest BCUT2D eigenvalue weighted by Gasteiger charge is -1.68. The van der Waals surface area contributed by atoms with Gasteiger partial charge in [0, 0.05) is 6.92 Å². The van der Waals surface area contributed by atoms with Crippen molar-refractivity contribution in [1.82, 2.24) is 0 Å². The van der Waals surface area contributed by atoms with E-state index in [9.17, 15) is 0 Å². The number of rotatable bonds is 0.